The third kappa shape index (κ3) is 6.98. The zero-order chi connectivity index (χ0) is 31.7. The number of nitro benzene ring substituents is 1. The Kier molecular flexibility index (Phi) is 8.84. The summed E-state index contributed by atoms with van der Waals surface area (Å²) in [6.07, 6.45) is 0.290. The molecule has 2 aromatic rings. The van der Waals surface area contributed by atoms with Gasteiger partial charge in [-0.25, -0.2) is 13.6 Å². The van der Waals surface area contributed by atoms with Crippen LogP contribution >= 0.6 is 0 Å². The average molecular weight is 617 g/mol. The maximum Gasteiger partial charge on any atom is 0.293 e. The summed E-state index contributed by atoms with van der Waals surface area (Å²) >= 11 is 0. The molecule has 0 bridgehead atoms. The Labute approximate surface area is 247 Å². The predicted octanol–water partition coefficient (Wildman–Crippen LogP) is 1.74. The molecule has 230 valence electrons. The SMILES string of the molecule is CC(CCNc1cccc2c1C(=O)N(C1CCC(=O)NC1=O)C2=O)OCC(C)(C)Nc1ccc(S(N)(=O)=O)cc1[N+](=O)[O-]. The highest BCUT2D eigenvalue weighted by Gasteiger charge is 2.45. The fourth-order valence-electron chi connectivity index (χ4n) is 4.85. The van der Waals surface area contributed by atoms with E-state index in [-0.39, 0.29) is 47.3 Å². The molecule has 15 nitrogen and oxygen atoms in total. The monoisotopic (exact) mass is 616 g/mol. The number of carbonyl (C=O) groups is 4. The normalized spacial score (nSPS) is 17.9. The van der Waals surface area contributed by atoms with Crippen LogP contribution in [-0.2, 0) is 24.3 Å². The number of nitrogens with two attached hydrogens (primary N) is 1. The van der Waals surface area contributed by atoms with Crippen molar-refractivity contribution in [3.05, 3.63) is 57.6 Å². The molecule has 0 aromatic heterocycles. The molecule has 2 aliphatic heterocycles. The first kappa shape index (κ1) is 31.5. The molecule has 43 heavy (non-hydrogen) atoms. The zero-order valence-corrected chi connectivity index (χ0v) is 24.5. The number of carbonyl (C=O) groups excluding carboxylic acids is 4. The van der Waals surface area contributed by atoms with E-state index in [1.807, 2.05) is 6.92 Å². The lowest BCUT2D eigenvalue weighted by molar-refractivity contribution is -0.384. The highest BCUT2D eigenvalue weighted by atomic mass is 32.2. The summed E-state index contributed by atoms with van der Waals surface area (Å²) in [4.78, 5) is 61.5. The lowest BCUT2D eigenvalue weighted by Gasteiger charge is -2.29. The number of fused-ring (bicyclic) bond motifs is 1. The summed E-state index contributed by atoms with van der Waals surface area (Å²) < 4.78 is 29.1. The summed E-state index contributed by atoms with van der Waals surface area (Å²) in [5, 5.41) is 25.0. The molecule has 2 heterocycles. The lowest BCUT2D eigenvalue weighted by Crippen LogP contribution is -2.54. The second kappa shape index (κ2) is 12.1. The molecule has 0 spiro atoms. The fraction of sp³-hybridized carbons (Fsp3) is 0.407. The summed E-state index contributed by atoms with van der Waals surface area (Å²) in [6, 6.07) is 7.09. The van der Waals surface area contributed by atoms with Crippen molar-refractivity contribution in [1.29, 1.82) is 0 Å². The van der Waals surface area contributed by atoms with Gasteiger partial charge in [0.15, 0.2) is 0 Å². The molecule has 0 saturated carbocycles. The Morgan fingerprint density at radius 1 is 1.16 bits per heavy atom. The van der Waals surface area contributed by atoms with Crippen molar-refractivity contribution >= 4 is 50.7 Å². The minimum Gasteiger partial charge on any atom is -0.384 e. The van der Waals surface area contributed by atoms with Gasteiger partial charge in [-0.1, -0.05) is 6.07 Å². The Bertz CT molecular complexity index is 1610. The molecular weight excluding hydrogens is 584 g/mol. The molecule has 1 fully saturated rings. The number of nitrogens with one attached hydrogen (secondary N) is 3. The van der Waals surface area contributed by atoms with Crippen molar-refractivity contribution in [3.8, 4) is 0 Å². The van der Waals surface area contributed by atoms with Crippen LogP contribution < -0.4 is 21.1 Å². The number of nitrogens with zero attached hydrogens (tertiary/aromatic N) is 2. The third-order valence-electron chi connectivity index (χ3n) is 7.03. The fourth-order valence-corrected chi connectivity index (χ4v) is 5.39. The van der Waals surface area contributed by atoms with Crippen LogP contribution in [-0.4, -0.2) is 72.7 Å². The van der Waals surface area contributed by atoms with Gasteiger partial charge in [-0.05, 0) is 57.9 Å². The standard InChI is InChI=1S/C27H32N6O9S/c1-15(42-14-27(2,3)31-18-8-7-16(43(28,40)41)13-21(18)33(38)39)11-12-29-19-6-4-5-17-23(19)26(37)32(25(17)36)20-9-10-22(34)30-24(20)35/h4-8,13,15,20,29,31H,9-12,14H2,1-3H3,(H2,28,40,41)(H,30,34,35). The molecule has 16 heteroatoms. The van der Waals surface area contributed by atoms with E-state index in [1.165, 1.54) is 18.2 Å². The highest BCUT2D eigenvalue weighted by Crippen LogP contribution is 2.33. The van der Waals surface area contributed by atoms with Gasteiger partial charge >= 0.3 is 0 Å². The van der Waals surface area contributed by atoms with Crippen LogP contribution in [0.3, 0.4) is 0 Å². The van der Waals surface area contributed by atoms with Gasteiger partial charge in [-0.2, -0.15) is 0 Å². The van der Waals surface area contributed by atoms with Gasteiger partial charge in [0.1, 0.15) is 11.7 Å². The number of amides is 4. The number of primary sulfonamides is 1. The zero-order valence-electron chi connectivity index (χ0n) is 23.7. The molecule has 0 radical (unpaired) electrons. The Balaban J connectivity index is 1.34. The molecular formula is C27H32N6O9S. The first-order valence-corrected chi connectivity index (χ1v) is 14.9. The number of ether oxygens (including phenoxy) is 1. The summed E-state index contributed by atoms with van der Waals surface area (Å²) in [5.41, 5.74) is -0.383. The molecule has 2 aliphatic rings. The van der Waals surface area contributed by atoms with E-state index in [2.05, 4.69) is 16.0 Å². The Morgan fingerprint density at radius 2 is 1.88 bits per heavy atom. The second-order valence-electron chi connectivity index (χ2n) is 11.0. The molecule has 0 aliphatic carbocycles. The summed E-state index contributed by atoms with van der Waals surface area (Å²) in [6.45, 7) is 5.86. The van der Waals surface area contributed by atoms with E-state index in [1.54, 1.807) is 26.0 Å². The van der Waals surface area contributed by atoms with Crippen LogP contribution in [0.1, 0.15) is 60.7 Å². The second-order valence-corrected chi connectivity index (χ2v) is 12.6. The van der Waals surface area contributed by atoms with E-state index in [9.17, 15) is 37.7 Å². The number of sulfonamides is 1. The highest BCUT2D eigenvalue weighted by molar-refractivity contribution is 7.89. The smallest absolute Gasteiger partial charge is 0.293 e. The van der Waals surface area contributed by atoms with Gasteiger partial charge in [-0.15, -0.1) is 0 Å². The van der Waals surface area contributed by atoms with Crippen LogP contribution in [0.2, 0.25) is 0 Å². The molecule has 2 unspecified atom stereocenters. The summed E-state index contributed by atoms with van der Waals surface area (Å²) in [5.74, 6) is -2.33. The molecule has 2 atom stereocenters. The maximum absolute atomic E-state index is 13.2. The minimum absolute atomic E-state index is 0.0287. The molecule has 4 rings (SSSR count). The van der Waals surface area contributed by atoms with Crippen molar-refractivity contribution in [1.82, 2.24) is 10.2 Å². The lowest BCUT2D eigenvalue weighted by atomic mass is 10.0. The predicted molar refractivity (Wildman–Crippen MR) is 154 cm³/mol. The van der Waals surface area contributed by atoms with Crippen molar-refractivity contribution in [2.75, 3.05) is 23.8 Å². The number of rotatable bonds is 12. The van der Waals surface area contributed by atoms with Crippen molar-refractivity contribution in [3.63, 3.8) is 0 Å². The average Bonchev–Trinajstić information content (AvgIpc) is 3.17. The summed E-state index contributed by atoms with van der Waals surface area (Å²) in [7, 11) is -4.12. The van der Waals surface area contributed by atoms with Crippen molar-refractivity contribution in [2.24, 2.45) is 5.14 Å². The van der Waals surface area contributed by atoms with E-state index >= 15 is 0 Å². The van der Waals surface area contributed by atoms with E-state index in [4.69, 9.17) is 9.88 Å². The third-order valence-corrected chi connectivity index (χ3v) is 7.94. The van der Waals surface area contributed by atoms with Gasteiger partial charge in [0.05, 0.1) is 39.2 Å². The number of anilines is 2. The van der Waals surface area contributed by atoms with Crippen LogP contribution in [0.15, 0.2) is 41.3 Å². The van der Waals surface area contributed by atoms with Crippen LogP contribution in [0, 0.1) is 10.1 Å². The molecule has 1 saturated heterocycles. The molecule has 2 aromatic carbocycles. The van der Waals surface area contributed by atoms with Crippen molar-refractivity contribution < 1.29 is 37.3 Å². The van der Waals surface area contributed by atoms with Crippen LogP contribution in [0.5, 0.6) is 0 Å². The van der Waals surface area contributed by atoms with Crippen molar-refractivity contribution in [2.45, 2.75) is 62.6 Å². The van der Waals surface area contributed by atoms with Gasteiger partial charge < -0.3 is 15.4 Å². The van der Waals surface area contributed by atoms with Gasteiger partial charge in [0.25, 0.3) is 17.5 Å². The van der Waals surface area contributed by atoms with Gasteiger partial charge in [-0.3, -0.25) is 39.5 Å². The number of imide groups is 2. The number of piperidine rings is 1. The number of hydrogen-bond acceptors (Lipinski definition) is 11. The molecule has 5 N–H and O–H groups in total. The minimum atomic E-state index is -4.12. The maximum atomic E-state index is 13.2. The quantitative estimate of drug-likeness (QED) is 0.153. The van der Waals surface area contributed by atoms with E-state index in [0.29, 0.717) is 18.7 Å². The largest absolute Gasteiger partial charge is 0.384 e. The van der Waals surface area contributed by atoms with Crippen LogP contribution in [0.25, 0.3) is 0 Å². The van der Waals surface area contributed by atoms with Gasteiger partial charge in [0.2, 0.25) is 21.8 Å². The number of hydrogen-bond donors (Lipinski definition) is 4. The van der Waals surface area contributed by atoms with Crippen LogP contribution in [0.4, 0.5) is 17.1 Å². The Hall–Kier alpha value is -4.41. The molecule has 4 amide bonds. The Morgan fingerprint density at radius 3 is 2.53 bits per heavy atom. The first-order valence-electron chi connectivity index (χ1n) is 13.4. The van der Waals surface area contributed by atoms with E-state index < -0.39 is 55.8 Å². The topological polar surface area (TPSA) is 220 Å². The number of nitro groups is 1. The first-order chi connectivity index (χ1) is 20.1. The van der Waals surface area contributed by atoms with E-state index in [0.717, 1.165) is 11.0 Å². The van der Waals surface area contributed by atoms with Gasteiger partial charge in [0, 0.05) is 24.7 Å². The number of benzene rings is 2.